The van der Waals surface area contributed by atoms with Gasteiger partial charge in [0.1, 0.15) is 10.6 Å². The molecule has 0 amide bonds. The van der Waals surface area contributed by atoms with Gasteiger partial charge in [0.25, 0.3) is 0 Å². The highest BCUT2D eigenvalue weighted by molar-refractivity contribution is 7.18. The van der Waals surface area contributed by atoms with Crippen molar-refractivity contribution in [1.29, 1.82) is 0 Å². The maximum absolute atomic E-state index is 5.76. The van der Waals surface area contributed by atoms with Crippen molar-refractivity contribution in [2.75, 3.05) is 24.2 Å². The van der Waals surface area contributed by atoms with E-state index in [0.717, 1.165) is 35.6 Å². The molecule has 0 aliphatic carbocycles. The highest BCUT2D eigenvalue weighted by Crippen LogP contribution is 2.29. The van der Waals surface area contributed by atoms with Gasteiger partial charge in [0.05, 0.1) is 11.5 Å². The van der Waals surface area contributed by atoms with E-state index in [2.05, 4.69) is 35.2 Å². The molecule has 1 saturated heterocycles. The summed E-state index contributed by atoms with van der Waals surface area (Å²) < 4.78 is 5.57. The molecule has 3 heterocycles. The first-order valence-electron chi connectivity index (χ1n) is 6.52. The van der Waals surface area contributed by atoms with Gasteiger partial charge in [0, 0.05) is 23.9 Å². The third-order valence-electron chi connectivity index (χ3n) is 3.60. The molecule has 5 nitrogen and oxygen atoms in total. The number of rotatable bonds is 3. The number of thiophene rings is 1. The van der Waals surface area contributed by atoms with Gasteiger partial charge in [-0.2, -0.15) is 4.98 Å². The summed E-state index contributed by atoms with van der Waals surface area (Å²) >= 11 is 1.64. The van der Waals surface area contributed by atoms with Crippen LogP contribution in [-0.2, 0) is 4.74 Å². The normalized spacial score (nSPS) is 23.1. The van der Waals surface area contributed by atoms with Crippen molar-refractivity contribution < 1.29 is 4.74 Å². The van der Waals surface area contributed by atoms with E-state index in [-0.39, 0.29) is 0 Å². The summed E-state index contributed by atoms with van der Waals surface area (Å²) in [7, 11) is 0. The van der Waals surface area contributed by atoms with E-state index in [1.165, 1.54) is 4.88 Å². The topological polar surface area (TPSA) is 73.1 Å². The Labute approximate surface area is 116 Å². The van der Waals surface area contributed by atoms with Crippen molar-refractivity contribution in [2.24, 2.45) is 5.92 Å². The fraction of sp³-hybridized carbons (Fsp3) is 0.538. The fourth-order valence-electron chi connectivity index (χ4n) is 2.47. The van der Waals surface area contributed by atoms with E-state index in [9.17, 15) is 0 Å². The summed E-state index contributed by atoms with van der Waals surface area (Å²) in [5, 5.41) is 4.47. The Morgan fingerprint density at radius 2 is 2.37 bits per heavy atom. The van der Waals surface area contributed by atoms with Crippen LogP contribution in [0.25, 0.3) is 10.2 Å². The molecule has 1 fully saturated rings. The minimum Gasteiger partial charge on any atom is -0.378 e. The van der Waals surface area contributed by atoms with E-state index >= 15 is 0 Å². The zero-order valence-electron chi connectivity index (χ0n) is 11.1. The lowest BCUT2D eigenvalue weighted by atomic mass is 10.0. The molecule has 2 aromatic rings. The van der Waals surface area contributed by atoms with E-state index in [1.54, 1.807) is 11.3 Å². The highest BCUT2D eigenvalue weighted by Gasteiger charge is 2.24. The Kier molecular flexibility index (Phi) is 3.28. The molecule has 1 aliphatic heterocycles. The number of aryl methyl sites for hydroxylation is 1. The van der Waals surface area contributed by atoms with E-state index in [1.807, 2.05) is 0 Å². The largest absolute Gasteiger partial charge is 0.378 e. The first kappa shape index (κ1) is 12.6. The number of nitrogens with one attached hydrogen (secondary N) is 1. The SMILES string of the molecule is Cc1cc2c(NCC3CCOC3C)nc(N)nc2s1. The first-order valence-corrected chi connectivity index (χ1v) is 7.34. The quantitative estimate of drug-likeness (QED) is 0.902. The molecule has 0 spiro atoms. The van der Waals surface area contributed by atoms with Gasteiger partial charge in [-0.15, -0.1) is 11.3 Å². The van der Waals surface area contributed by atoms with Crippen molar-refractivity contribution >= 4 is 33.3 Å². The van der Waals surface area contributed by atoms with Gasteiger partial charge in [-0.3, -0.25) is 0 Å². The zero-order chi connectivity index (χ0) is 13.4. The van der Waals surface area contributed by atoms with Crippen LogP contribution in [0.3, 0.4) is 0 Å². The number of nitrogens with zero attached hydrogens (tertiary/aromatic N) is 2. The highest BCUT2D eigenvalue weighted by atomic mass is 32.1. The lowest BCUT2D eigenvalue weighted by Crippen LogP contribution is -2.21. The zero-order valence-corrected chi connectivity index (χ0v) is 12.0. The van der Waals surface area contributed by atoms with Crippen molar-refractivity contribution in [3.8, 4) is 0 Å². The minimum absolute atomic E-state index is 0.311. The van der Waals surface area contributed by atoms with Crippen molar-refractivity contribution in [1.82, 2.24) is 9.97 Å². The Bertz CT molecular complexity index is 598. The van der Waals surface area contributed by atoms with Crippen molar-refractivity contribution in [3.05, 3.63) is 10.9 Å². The number of nitrogens with two attached hydrogens (primary N) is 1. The molecular weight excluding hydrogens is 260 g/mol. The minimum atomic E-state index is 0.311. The van der Waals surface area contributed by atoms with Crippen LogP contribution in [0.1, 0.15) is 18.2 Å². The number of fused-ring (bicyclic) bond motifs is 1. The number of ether oxygens (including phenoxy) is 1. The lowest BCUT2D eigenvalue weighted by Gasteiger charge is -2.15. The van der Waals surface area contributed by atoms with Crippen LogP contribution in [0.5, 0.6) is 0 Å². The Morgan fingerprint density at radius 3 is 3.11 bits per heavy atom. The summed E-state index contributed by atoms with van der Waals surface area (Å²) in [6.45, 7) is 5.91. The number of anilines is 2. The molecule has 0 aromatic carbocycles. The van der Waals surface area contributed by atoms with Crippen LogP contribution in [0.2, 0.25) is 0 Å². The Balaban J connectivity index is 1.83. The Hall–Kier alpha value is -1.40. The lowest BCUT2D eigenvalue weighted by molar-refractivity contribution is 0.108. The molecule has 0 radical (unpaired) electrons. The van der Waals surface area contributed by atoms with Gasteiger partial charge < -0.3 is 15.8 Å². The number of hydrogen-bond acceptors (Lipinski definition) is 6. The van der Waals surface area contributed by atoms with E-state index in [0.29, 0.717) is 18.0 Å². The summed E-state index contributed by atoms with van der Waals surface area (Å²) in [6, 6.07) is 2.11. The average Bonchev–Trinajstić information content (AvgIpc) is 2.91. The maximum Gasteiger partial charge on any atom is 0.223 e. The van der Waals surface area contributed by atoms with Crippen LogP contribution in [0, 0.1) is 12.8 Å². The standard InChI is InChI=1S/C13H18N4OS/c1-7-5-10-11(16-13(14)17-12(10)19-7)15-6-9-3-4-18-8(9)2/h5,8-9H,3-4,6H2,1-2H3,(H3,14,15,16,17). The molecular formula is C13H18N4OS. The monoisotopic (exact) mass is 278 g/mol. The van der Waals surface area contributed by atoms with Crippen molar-refractivity contribution in [3.63, 3.8) is 0 Å². The molecule has 2 unspecified atom stereocenters. The summed E-state index contributed by atoms with van der Waals surface area (Å²) in [6.07, 6.45) is 1.41. The Morgan fingerprint density at radius 1 is 1.53 bits per heavy atom. The first-order chi connectivity index (χ1) is 9.13. The van der Waals surface area contributed by atoms with Crippen LogP contribution in [0.15, 0.2) is 6.07 Å². The summed E-state index contributed by atoms with van der Waals surface area (Å²) in [4.78, 5) is 10.8. The van der Waals surface area contributed by atoms with Crippen LogP contribution in [-0.4, -0.2) is 29.2 Å². The summed E-state index contributed by atoms with van der Waals surface area (Å²) in [5.74, 6) is 1.70. The average molecular weight is 278 g/mol. The van der Waals surface area contributed by atoms with Gasteiger partial charge in [-0.1, -0.05) is 0 Å². The molecule has 19 heavy (non-hydrogen) atoms. The molecule has 6 heteroatoms. The second-order valence-corrected chi connectivity index (χ2v) is 6.25. The predicted octanol–water partition coefficient (Wildman–Crippen LogP) is 2.42. The molecule has 2 atom stereocenters. The molecule has 3 rings (SSSR count). The second kappa shape index (κ2) is 4.94. The van der Waals surface area contributed by atoms with Crippen molar-refractivity contribution in [2.45, 2.75) is 26.4 Å². The van der Waals surface area contributed by atoms with E-state index < -0.39 is 0 Å². The number of hydrogen-bond donors (Lipinski definition) is 2. The molecule has 2 aromatic heterocycles. The van der Waals surface area contributed by atoms with Crippen LogP contribution < -0.4 is 11.1 Å². The van der Waals surface area contributed by atoms with Gasteiger partial charge in [0.15, 0.2) is 0 Å². The molecule has 1 aliphatic rings. The molecule has 3 N–H and O–H groups in total. The smallest absolute Gasteiger partial charge is 0.223 e. The van der Waals surface area contributed by atoms with Gasteiger partial charge in [0.2, 0.25) is 5.95 Å². The molecule has 102 valence electrons. The molecule has 0 saturated carbocycles. The van der Waals surface area contributed by atoms with Gasteiger partial charge in [-0.25, -0.2) is 4.98 Å². The predicted molar refractivity (Wildman–Crippen MR) is 78.6 cm³/mol. The summed E-state index contributed by atoms with van der Waals surface area (Å²) in [5.41, 5.74) is 5.76. The van der Waals surface area contributed by atoms with Gasteiger partial charge in [-0.05, 0) is 26.3 Å². The van der Waals surface area contributed by atoms with Crippen LogP contribution in [0.4, 0.5) is 11.8 Å². The number of aromatic nitrogens is 2. The van der Waals surface area contributed by atoms with E-state index in [4.69, 9.17) is 10.5 Å². The third-order valence-corrected chi connectivity index (χ3v) is 4.54. The number of nitrogen functional groups attached to an aromatic ring is 1. The second-order valence-electron chi connectivity index (χ2n) is 5.01. The third kappa shape index (κ3) is 2.50. The van der Waals surface area contributed by atoms with Gasteiger partial charge >= 0.3 is 0 Å². The fourth-order valence-corrected chi connectivity index (χ4v) is 3.35. The molecule has 0 bridgehead atoms. The maximum atomic E-state index is 5.76. The van der Waals surface area contributed by atoms with Crippen LogP contribution >= 0.6 is 11.3 Å².